The lowest BCUT2D eigenvalue weighted by molar-refractivity contribution is 1.79. The lowest BCUT2D eigenvalue weighted by atomic mass is 10.2. The largest absolute Gasteiger partial charge is 0.145 e. The molecule has 3 aromatic rings. The van der Waals surface area contributed by atoms with Crippen molar-refractivity contribution in [1.82, 2.24) is 0 Å². The van der Waals surface area contributed by atoms with Crippen LogP contribution >= 0.6 is 22.7 Å². The standard InChI is InChI=1S/C16H22S2Si2/c1-19(2,3)15-9-11-12-10-16(20(4,5)6)18-14(12)8-7-13(11)17-15/h7-10H,1-6H3. The molecule has 0 saturated heterocycles. The van der Waals surface area contributed by atoms with Crippen LogP contribution in [0.5, 0.6) is 0 Å². The molecule has 106 valence electrons. The van der Waals surface area contributed by atoms with E-state index in [9.17, 15) is 0 Å². The Bertz CT molecular complexity index is 715. The summed E-state index contributed by atoms with van der Waals surface area (Å²) in [7, 11) is -2.41. The molecule has 0 radical (unpaired) electrons. The van der Waals surface area contributed by atoms with Crippen LogP contribution in [-0.4, -0.2) is 16.1 Å². The molecule has 1 aromatic carbocycles. The number of rotatable bonds is 2. The van der Waals surface area contributed by atoms with Crippen LogP contribution in [0.2, 0.25) is 39.3 Å². The van der Waals surface area contributed by atoms with Crippen molar-refractivity contribution >= 4 is 68.0 Å². The fourth-order valence-electron chi connectivity index (χ4n) is 2.37. The molecule has 0 fully saturated rings. The number of hydrogen-bond acceptors (Lipinski definition) is 2. The summed E-state index contributed by atoms with van der Waals surface area (Å²) in [4.78, 5) is 0. The van der Waals surface area contributed by atoms with Gasteiger partial charge in [-0.1, -0.05) is 39.3 Å². The summed E-state index contributed by atoms with van der Waals surface area (Å²) in [6, 6.07) is 9.62. The van der Waals surface area contributed by atoms with Crippen LogP contribution in [-0.2, 0) is 0 Å². The van der Waals surface area contributed by atoms with Gasteiger partial charge in [0.1, 0.15) is 0 Å². The Morgan fingerprint density at radius 2 is 1.00 bits per heavy atom. The van der Waals surface area contributed by atoms with Gasteiger partial charge in [-0.15, -0.1) is 22.7 Å². The zero-order chi connectivity index (χ0) is 14.7. The quantitative estimate of drug-likeness (QED) is 0.565. The highest BCUT2D eigenvalue weighted by Gasteiger charge is 2.22. The molecule has 2 heterocycles. The Labute approximate surface area is 131 Å². The van der Waals surface area contributed by atoms with Crippen LogP contribution in [0.3, 0.4) is 0 Å². The molecule has 0 atom stereocenters. The van der Waals surface area contributed by atoms with Crippen LogP contribution in [0.15, 0.2) is 24.3 Å². The van der Waals surface area contributed by atoms with Gasteiger partial charge >= 0.3 is 0 Å². The molecule has 20 heavy (non-hydrogen) atoms. The van der Waals surface area contributed by atoms with Gasteiger partial charge in [0.2, 0.25) is 0 Å². The van der Waals surface area contributed by atoms with Crippen molar-refractivity contribution < 1.29 is 0 Å². The van der Waals surface area contributed by atoms with Gasteiger partial charge in [-0.25, -0.2) is 0 Å². The maximum Gasteiger partial charge on any atom is 0.0904 e. The number of benzene rings is 1. The molecule has 0 bridgehead atoms. The van der Waals surface area contributed by atoms with E-state index in [1.54, 1.807) is 9.00 Å². The van der Waals surface area contributed by atoms with Gasteiger partial charge in [0.05, 0.1) is 16.1 Å². The summed E-state index contributed by atoms with van der Waals surface area (Å²) in [6.07, 6.45) is 0. The van der Waals surface area contributed by atoms with E-state index in [0.717, 1.165) is 0 Å². The molecule has 0 N–H and O–H groups in total. The molecule has 2 aromatic heterocycles. The Hall–Kier alpha value is -0.426. The molecule has 0 aliphatic carbocycles. The highest BCUT2D eigenvalue weighted by Crippen LogP contribution is 2.32. The first-order valence-electron chi connectivity index (χ1n) is 7.13. The average Bonchev–Trinajstić information content (AvgIpc) is 2.90. The molecule has 4 heteroatoms. The molecule has 0 spiro atoms. The van der Waals surface area contributed by atoms with E-state index >= 15 is 0 Å². The fourth-order valence-corrected chi connectivity index (χ4v) is 8.29. The van der Waals surface area contributed by atoms with Crippen molar-refractivity contribution in [3.8, 4) is 0 Å². The second kappa shape index (κ2) is 4.53. The van der Waals surface area contributed by atoms with E-state index < -0.39 is 16.1 Å². The molecule has 0 aliphatic rings. The Balaban J connectivity index is 2.30. The van der Waals surface area contributed by atoms with Gasteiger partial charge in [0, 0.05) is 20.2 Å². The van der Waals surface area contributed by atoms with Crippen molar-refractivity contribution in [1.29, 1.82) is 0 Å². The second-order valence-electron chi connectivity index (χ2n) is 7.61. The molecule has 0 aliphatic heterocycles. The summed E-state index contributed by atoms with van der Waals surface area (Å²) in [5, 5.41) is 2.98. The van der Waals surface area contributed by atoms with Gasteiger partial charge in [-0.2, -0.15) is 0 Å². The molecular formula is C16H22S2Si2. The third kappa shape index (κ3) is 2.43. The highest BCUT2D eigenvalue weighted by atomic mass is 32.1. The predicted octanol–water partition coefficient (Wildman–Crippen LogP) is 5.21. The van der Waals surface area contributed by atoms with Crippen molar-refractivity contribution in [2.24, 2.45) is 0 Å². The fraction of sp³-hybridized carbons (Fsp3) is 0.375. The van der Waals surface area contributed by atoms with Gasteiger partial charge in [0.15, 0.2) is 0 Å². The van der Waals surface area contributed by atoms with Crippen LogP contribution in [0.25, 0.3) is 20.2 Å². The zero-order valence-corrected chi connectivity index (χ0v) is 16.8. The molecule has 0 saturated carbocycles. The van der Waals surface area contributed by atoms with E-state index in [2.05, 4.69) is 63.5 Å². The lowest BCUT2D eigenvalue weighted by Gasteiger charge is -2.12. The van der Waals surface area contributed by atoms with E-state index in [1.165, 1.54) is 20.2 Å². The van der Waals surface area contributed by atoms with E-state index in [-0.39, 0.29) is 0 Å². The van der Waals surface area contributed by atoms with Gasteiger partial charge in [-0.05, 0) is 33.3 Å². The molecule has 0 amide bonds. The summed E-state index contributed by atoms with van der Waals surface area (Å²) in [5.74, 6) is 0. The molecule has 0 unspecified atom stereocenters. The second-order valence-corrected chi connectivity index (χ2v) is 20.6. The maximum atomic E-state index is 2.48. The number of hydrogen-bond donors (Lipinski definition) is 0. The van der Waals surface area contributed by atoms with Crippen molar-refractivity contribution in [3.05, 3.63) is 24.3 Å². The Morgan fingerprint density at radius 1 is 0.650 bits per heavy atom. The smallest absolute Gasteiger partial charge is 0.0904 e. The van der Waals surface area contributed by atoms with Gasteiger partial charge < -0.3 is 0 Å². The third-order valence-corrected chi connectivity index (χ3v) is 13.0. The zero-order valence-electron chi connectivity index (χ0n) is 13.1. The maximum absolute atomic E-state index is 2.48. The first-order chi connectivity index (χ1) is 9.16. The summed E-state index contributed by atoms with van der Waals surface area (Å²) < 4.78 is 6.19. The van der Waals surface area contributed by atoms with Gasteiger partial charge in [-0.3, -0.25) is 0 Å². The average molecular weight is 335 g/mol. The highest BCUT2D eigenvalue weighted by molar-refractivity contribution is 7.33. The molecule has 3 rings (SSSR count). The topological polar surface area (TPSA) is 0 Å². The summed E-state index contributed by atoms with van der Waals surface area (Å²) >= 11 is 4.03. The van der Waals surface area contributed by atoms with Crippen molar-refractivity contribution in [3.63, 3.8) is 0 Å². The van der Waals surface area contributed by atoms with Crippen LogP contribution in [0.1, 0.15) is 0 Å². The minimum atomic E-state index is -1.20. The van der Waals surface area contributed by atoms with E-state index in [4.69, 9.17) is 0 Å². The van der Waals surface area contributed by atoms with Crippen molar-refractivity contribution in [2.45, 2.75) is 39.3 Å². The van der Waals surface area contributed by atoms with E-state index in [0.29, 0.717) is 0 Å². The summed E-state index contributed by atoms with van der Waals surface area (Å²) in [5.41, 5.74) is 0. The minimum absolute atomic E-state index is 1.20. The van der Waals surface area contributed by atoms with Crippen LogP contribution in [0, 0.1) is 0 Å². The van der Waals surface area contributed by atoms with Crippen LogP contribution < -0.4 is 9.00 Å². The monoisotopic (exact) mass is 334 g/mol. The number of thiophene rings is 2. The predicted molar refractivity (Wildman–Crippen MR) is 103 cm³/mol. The first-order valence-corrected chi connectivity index (χ1v) is 15.8. The van der Waals surface area contributed by atoms with Crippen LogP contribution in [0.4, 0.5) is 0 Å². The Kier molecular flexibility index (Phi) is 3.29. The SMILES string of the molecule is C[Si](C)(C)c1cc2c(ccc3sc([Si](C)(C)C)cc32)s1. The Morgan fingerprint density at radius 3 is 1.30 bits per heavy atom. The minimum Gasteiger partial charge on any atom is -0.145 e. The first kappa shape index (κ1) is 14.5. The third-order valence-electron chi connectivity index (χ3n) is 3.68. The normalized spacial score (nSPS) is 13.5. The lowest BCUT2D eigenvalue weighted by Crippen LogP contribution is -2.34. The van der Waals surface area contributed by atoms with Crippen molar-refractivity contribution in [2.75, 3.05) is 0 Å². The summed E-state index contributed by atoms with van der Waals surface area (Å²) in [6.45, 7) is 14.6. The molecular weight excluding hydrogens is 312 g/mol. The van der Waals surface area contributed by atoms with E-state index in [1.807, 2.05) is 22.7 Å². The molecule has 0 nitrogen and oxygen atoms in total. The van der Waals surface area contributed by atoms with Gasteiger partial charge in [0.25, 0.3) is 0 Å². The number of fused-ring (bicyclic) bond motifs is 3.